The van der Waals surface area contributed by atoms with E-state index in [1.54, 1.807) is 6.92 Å². The Kier molecular flexibility index (Phi) is 3.96. The minimum absolute atomic E-state index is 0.0862. The highest BCUT2D eigenvalue weighted by Gasteiger charge is 2.32. The number of aromatic nitrogens is 1. The second kappa shape index (κ2) is 5.52. The van der Waals surface area contributed by atoms with Crippen molar-refractivity contribution in [3.8, 4) is 0 Å². The molecule has 20 heavy (non-hydrogen) atoms. The number of Topliss-reactive ketones (excluding diaryl/α,β-unsaturated/α-hetero) is 1. The Morgan fingerprint density at radius 1 is 1.45 bits per heavy atom. The first kappa shape index (κ1) is 14.4. The average Bonchev–Trinajstić information content (AvgIpc) is 2.37. The van der Waals surface area contributed by atoms with Gasteiger partial charge in [-0.1, -0.05) is 0 Å². The van der Waals surface area contributed by atoms with E-state index in [1.165, 1.54) is 0 Å². The number of ether oxygens (including phenoxy) is 1. The van der Waals surface area contributed by atoms with Gasteiger partial charge < -0.3 is 9.72 Å². The fourth-order valence-corrected chi connectivity index (χ4v) is 2.20. The third-order valence-corrected chi connectivity index (χ3v) is 3.19. The average molecular weight is 285 g/mol. The molecule has 0 fully saturated rings. The van der Waals surface area contributed by atoms with Crippen LogP contribution in [0, 0.1) is 5.92 Å². The molecule has 0 bridgehead atoms. The summed E-state index contributed by atoms with van der Waals surface area (Å²) < 4.78 is 30.1. The monoisotopic (exact) mass is 285 g/mol. The molecule has 0 saturated carbocycles. The number of pyridine rings is 1. The Labute approximate surface area is 112 Å². The zero-order valence-corrected chi connectivity index (χ0v) is 10.7. The summed E-state index contributed by atoms with van der Waals surface area (Å²) in [4.78, 5) is 37.5. The second-order valence-electron chi connectivity index (χ2n) is 4.55. The molecular formula is C13H13F2NO4. The van der Waals surface area contributed by atoms with Gasteiger partial charge >= 0.3 is 5.97 Å². The van der Waals surface area contributed by atoms with Gasteiger partial charge in [0.2, 0.25) is 6.43 Å². The van der Waals surface area contributed by atoms with Gasteiger partial charge in [0.05, 0.1) is 6.61 Å². The van der Waals surface area contributed by atoms with Gasteiger partial charge in [-0.2, -0.15) is 0 Å². The molecule has 1 N–H and O–H groups in total. The predicted molar refractivity (Wildman–Crippen MR) is 65.2 cm³/mol. The SMILES string of the molecule is CCOC(=O)c1cc2c([nH]c1=O)C[C@@H](C(F)F)CC2=O. The van der Waals surface area contributed by atoms with Gasteiger partial charge in [-0.15, -0.1) is 0 Å². The molecule has 0 spiro atoms. The number of halogens is 2. The number of carbonyl (C=O) groups excluding carboxylic acids is 2. The van der Waals surface area contributed by atoms with E-state index in [4.69, 9.17) is 4.74 Å². The fraction of sp³-hybridized carbons (Fsp3) is 0.462. The smallest absolute Gasteiger partial charge is 0.343 e. The maximum atomic E-state index is 12.7. The highest BCUT2D eigenvalue weighted by molar-refractivity contribution is 6.00. The van der Waals surface area contributed by atoms with Crippen LogP contribution in [0.15, 0.2) is 10.9 Å². The molecule has 108 valence electrons. The number of fused-ring (bicyclic) bond motifs is 1. The number of rotatable bonds is 3. The van der Waals surface area contributed by atoms with E-state index in [-0.39, 0.29) is 36.3 Å². The molecule has 1 atom stereocenters. The Balaban J connectivity index is 2.42. The molecule has 0 radical (unpaired) electrons. The van der Waals surface area contributed by atoms with E-state index >= 15 is 0 Å². The largest absolute Gasteiger partial charge is 0.462 e. The van der Waals surface area contributed by atoms with Crippen LogP contribution in [0.2, 0.25) is 0 Å². The molecule has 0 saturated heterocycles. The van der Waals surface area contributed by atoms with Gasteiger partial charge in [0.15, 0.2) is 5.78 Å². The van der Waals surface area contributed by atoms with Gasteiger partial charge in [-0.05, 0) is 19.4 Å². The first-order valence-corrected chi connectivity index (χ1v) is 6.18. The summed E-state index contributed by atoms with van der Waals surface area (Å²) in [5.41, 5.74) is -0.742. The summed E-state index contributed by atoms with van der Waals surface area (Å²) in [6.45, 7) is 1.68. The third kappa shape index (κ3) is 2.61. The number of alkyl halides is 2. The van der Waals surface area contributed by atoms with Crippen LogP contribution in [-0.4, -0.2) is 29.8 Å². The molecule has 7 heteroatoms. The first-order valence-electron chi connectivity index (χ1n) is 6.18. The van der Waals surface area contributed by atoms with Crippen LogP contribution < -0.4 is 5.56 Å². The molecule has 1 aromatic rings. The highest BCUT2D eigenvalue weighted by Crippen LogP contribution is 2.28. The summed E-state index contributed by atoms with van der Waals surface area (Å²) >= 11 is 0. The van der Waals surface area contributed by atoms with Gasteiger partial charge in [-0.3, -0.25) is 9.59 Å². The standard InChI is InChI=1S/C13H13F2NO4/c1-2-20-13(19)8-5-7-9(16-12(8)18)3-6(11(14)15)4-10(7)17/h5-6,11H,2-4H2,1H3,(H,16,18)/t6-/m1/s1. The van der Waals surface area contributed by atoms with Crippen LogP contribution in [0.25, 0.3) is 0 Å². The molecule has 0 amide bonds. The molecule has 1 aromatic heterocycles. The van der Waals surface area contributed by atoms with Gasteiger partial charge in [0.1, 0.15) is 5.56 Å². The molecule has 1 heterocycles. The van der Waals surface area contributed by atoms with Crippen LogP contribution in [0.3, 0.4) is 0 Å². The third-order valence-electron chi connectivity index (χ3n) is 3.19. The zero-order chi connectivity index (χ0) is 14.9. The molecule has 0 aromatic carbocycles. The van der Waals surface area contributed by atoms with Crippen molar-refractivity contribution in [3.63, 3.8) is 0 Å². The summed E-state index contributed by atoms with van der Waals surface area (Å²) in [5, 5.41) is 0. The van der Waals surface area contributed by atoms with E-state index in [9.17, 15) is 23.2 Å². The van der Waals surface area contributed by atoms with Crippen molar-refractivity contribution in [1.29, 1.82) is 0 Å². The lowest BCUT2D eigenvalue weighted by atomic mass is 9.85. The normalized spacial score (nSPS) is 18.0. The predicted octanol–water partition coefficient (Wildman–Crippen LogP) is 1.56. The van der Waals surface area contributed by atoms with Crippen LogP contribution in [-0.2, 0) is 11.2 Å². The summed E-state index contributed by atoms with van der Waals surface area (Å²) in [6, 6.07) is 1.14. The Morgan fingerprint density at radius 2 is 2.15 bits per heavy atom. The number of hydrogen-bond donors (Lipinski definition) is 1. The topological polar surface area (TPSA) is 76.2 Å². The molecule has 0 aliphatic heterocycles. The van der Waals surface area contributed by atoms with Crippen LogP contribution in [0.5, 0.6) is 0 Å². The van der Waals surface area contributed by atoms with Crippen molar-refractivity contribution in [2.75, 3.05) is 6.61 Å². The summed E-state index contributed by atoms with van der Waals surface area (Å²) in [6.07, 6.45) is -3.00. The fourth-order valence-electron chi connectivity index (χ4n) is 2.20. The minimum Gasteiger partial charge on any atom is -0.462 e. The lowest BCUT2D eigenvalue weighted by molar-refractivity contribution is 0.0522. The number of ketones is 1. The lowest BCUT2D eigenvalue weighted by Crippen LogP contribution is -2.30. The number of hydrogen-bond acceptors (Lipinski definition) is 4. The van der Waals surface area contributed by atoms with Crippen molar-refractivity contribution in [1.82, 2.24) is 4.98 Å². The number of aromatic amines is 1. The molecule has 5 nitrogen and oxygen atoms in total. The molecule has 2 rings (SSSR count). The van der Waals surface area contributed by atoms with E-state index in [0.29, 0.717) is 0 Å². The van der Waals surface area contributed by atoms with E-state index in [2.05, 4.69) is 4.98 Å². The van der Waals surface area contributed by atoms with Crippen molar-refractivity contribution >= 4 is 11.8 Å². The van der Waals surface area contributed by atoms with Crippen LogP contribution in [0.1, 0.15) is 39.8 Å². The lowest BCUT2D eigenvalue weighted by Gasteiger charge is -2.22. The van der Waals surface area contributed by atoms with Crippen molar-refractivity contribution in [2.24, 2.45) is 5.92 Å². The van der Waals surface area contributed by atoms with E-state index in [1.807, 2.05) is 0 Å². The number of esters is 1. The van der Waals surface area contributed by atoms with E-state index < -0.39 is 29.7 Å². The Bertz CT molecular complexity index is 609. The van der Waals surface area contributed by atoms with Crippen molar-refractivity contribution in [2.45, 2.75) is 26.2 Å². The highest BCUT2D eigenvalue weighted by atomic mass is 19.3. The molecular weight excluding hydrogens is 272 g/mol. The minimum atomic E-state index is -2.62. The van der Waals surface area contributed by atoms with Gasteiger partial charge in [0, 0.05) is 23.6 Å². The summed E-state index contributed by atoms with van der Waals surface area (Å²) in [5.74, 6) is -2.43. The van der Waals surface area contributed by atoms with Crippen LogP contribution in [0.4, 0.5) is 8.78 Å². The van der Waals surface area contributed by atoms with Gasteiger partial charge in [-0.25, -0.2) is 13.6 Å². The number of carbonyl (C=O) groups is 2. The number of nitrogens with one attached hydrogen (secondary N) is 1. The Morgan fingerprint density at radius 3 is 2.75 bits per heavy atom. The molecule has 0 unspecified atom stereocenters. The maximum absolute atomic E-state index is 12.7. The molecule has 1 aliphatic rings. The quantitative estimate of drug-likeness (QED) is 0.855. The number of H-pyrrole nitrogens is 1. The first-order chi connectivity index (χ1) is 9.43. The Hall–Kier alpha value is -2.05. The molecule has 1 aliphatic carbocycles. The van der Waals surface area contributed by atoms with Gasteiger partial charge in [0.25, 0.3) is 5.56 Å². The summed E-state index contributed by atoms with van der Waals surface area (Å²) in [7, 11) is 0. The van der Waals surface area contributed by atoms with E-state index in [0.717, 1.165) is 6.07 Å². The van der Waals surface area contributed by atoms with Crippen LogP contribution >= 0.6 is 0 Å². The zero-order valence-electron chi connectivity index (χ0n) is 10.7. The second-order valence-corrected chi connectivity index (χ2v) is 4.55. The maximum Gasteiger partial charge on any atom is 0.343 e. The van der Waals surface area contributed by atoms with Crippen molar-refractivity contribution in [3.05, 3.63) is 33.2 Å². The van der Waals surface area contributed by atoms with Crippen molar-refractivity contribution < 1.29 is 23.1 Å².